The van der Waals surface area contributed by atoms with Gasteiger partial charge in [-0.15, -0.1) is 0 Å². The molecule has 1 fully saturated rings. The standard InChI is InChI=1S/C10H17O2/c1-12-10-7-3-2-5-9(10)6-4-8-11/h9-10H,2-7H2,1H3. The molecule has 0 spiro atoms. The largest absolute Gasteiger partial charge is 0.381 e. The van der Waals surface area contributed by atoms with Gasteiger partial charge in [0.25, 0.3) is 0 Å². The van der Waals surface area contributed by atoms with Crippen molar-refractivity contribution in [1.29, 1.82) is 0 Å². The summed E-state index contributed by atoms with van der Waals surface area (Å²) in [4.78, 5) is 10.1. The predicted octanol–water partition coefficient (Wildman–Crippen LogP) is 2.08. The third-order valence-corrected chi connectivity index (χ3v) is 2.76. The molecule has 0 N–H and O–H groups in total. The summed E-state index contributed by atoms with van der Waals surface area (Å²) in [5.41, 5.74) is 0. The van der Waals surface area contributed by atoms with Crippen molar-refractivity contribution in [2.75, 3.05) is 7.11 Å². The van der Waals surface area contributed by atoms with Gasteiger partial charge in [-0.3, -0.25) is 4.79 Å². The molecule has 0 aromatic carbocycles. The molecule has 12 heavy (non-hydrogen) atoms. The Labute approximate surface area is 74.3 Å². The highest BCUT2D eigenvalue weighted by atomic mass is 16.5. The Morgan fingerprint density at radius 1 is 1.42 bits per heavy atom. The van der Waals surface area contributed by atoms with E-state index in [1.54, 1.807) is 7.11 Å². The molecule has 0 bridgehead atoms. The van der Waals surface area contributed by atoms with E-state index in [1.807, 2.05) is 6.29 Å². The molecule has 0 heterocycles. The SMILES string of the molecule is COC1CCCCC1CC[C]=O. The summed E-state index contributed by atoms with van der Waals surface area (Å²) >= 11 is 0. The van der Waals surface area contributed by atoms with Gasteiger partial charge in [-0.25, -0.2) is 0 Å². The fourth-order valence-corrected chi connectivity index (χ4v) is 2.06. The second-order valence-electron chi connectivity index (χ2n) is 3.50. The minimum absolute atomic E-state index is 0.395. The van der Waals surface area contributed by atoms with Gasteiger partial charge in [-0.1, -0.05) is 12.8 Å². The van der Waals surface area contributed by atoms with E-state index < -0.39 is 0 Å². The van der Waals surface area contributed by atoms with Crippen LogP contribution >= 0.6 is 0 Å². The summed E-state index contributed by atoms with van der Waals surface area (Å²) in [5, 5.41) is 0. The molecule has 0 amide bonds. The number of methoxy groups -OCH3 is 1. The molecule has 2 nitrogen and oxygen atoms in total. The molecular weight excluding hydrogens is 152 g/mol. The van der Waals surface area contributed by atoms with E-state index in [2.05, 4.69) is 0 Å². The summed E-state index contributed by atoms with van der Waals surface area (Å²) in [6.07, 6.45) is 8.85. The highest BCUT2D eigenvalue weighted by Crippen LogP contribution is 2.29. The third kappa shape index (κ3) is 2.59. The Morgan fingerprint density at radius 2 is 2.17 bits per heavy atom. The molecule has 1 aliphatic rings. The van der Waals surface area contributed by atoms with Crippen molar-refractivity contribution < 1.29 is 9.53 Å². The predicted molar refractivity (Wildman–Crippen MR) is 47.7 cm³/mol. The number of hydrogen-bond donors (Lipinski definition) is 0. The molecule has 2 unspecified atom stereocenters. The summed E-state index contributed by atoms with van der Waals surface area (Å²) in [7, 11) is 1.77. The van der Waals surface area contributed by atoms with Crippen LogP contribution in [0, 0.1) is 5.92 Å². The maximum Gasteiger partial charge on any atom is 0.198 e. The van der Waals surface area contributed by atoms with Gasteiger partial charge >= 0.3 is 0 Å². The number of carbonyl (C=O) groups excluding carboxylic acids is 1. The van der Waals surface area contributed by atoms with Crippen LogP contribution in [0.4, 0.5) is 0 Å². The first-order valence-electron chi connectivity index (χ1n) is 4.76. The molecule has 0 aromatic rings. The van der Waals surface area contributed by atoms with Crippen molar-refractivity contribution in [3.8, 4) is 0 Å². The first kappa shape index (κ1) is 9.72. The Hall–Kier alpha value is -0.370. The fraction of sp³-hybridized carbons (Fsp3) is 0.900. The quantitative estimate of drug-likeness (QED) is 0.644. The Morgan fingerprint density at radius 3 is 2.83 bits per heavy atom. The Kier molecular flexibility index (Phi) is 4.30. The molecule has 69 valence electrons. The number of rotatable bonds is 4. The molecule has 1 aliphatic carbocycles. The average molecular weight is 169 g/mol. The van der Waals surface area contributed by atoms with Crippen molar-refractivity contribution in [1.82, 2.24) is 0 Å². The van der Waals surface area contributed by atoms with E-state index in [-0.39, 0.29) is 0 Å². The van der Waals surface area contributed by atoms with Gasteiger partial charge < -0.3 is 4.74 Å². The molecule has 0 aromatic heterocycles. The zero-order valence-electron chi connectivity index (χ0n) is 7.71. The Bertz CT molecular complexity index is 134. The van der Waals surface area contributed by atoms with Crippen LogP contribution in [-0.2, 0) is 9.53 Å². The lowest BCUT2D eigenvalue weighted by Gasteiger charge is -2.29. The smallest absolute Gasteiger partial charge is 0.198 e. The number of hydrogen-bond acceptors (Lipinski definition) is 2. The van der Waals surface area contributed by atoms with Crippen molar-refractivity contribution in [3.05, 3.63) is 0 Å². The summed E-state index contributed by atoms with van der Waals surface area (Å²) in [6, 6.07) is 0. The topological polar surface area (TPSA) is 26.3 Å². The summed E-state index contributed by atoms with van der Waals surface area (Å²) < 4.78 is 5.37. The monoisotopic (exact) mass is 169 g/mol. The van der Waals surface area contributed by atoms with Crippen LogP contribution in [0.3, 0.4) is 0 Å². The zero-order chi connectivity index (χ0) is 8.81. The zero-order valence-corrected chi connectivity index (χ0v) is 7.71. The Balaban J connectivity index is 2.30. The molecule has 2 heteroatoms. The van der Waals surface area contributed by atoms with Gasteiger partial charge in [-0.05, 0) is 25.2 Å². The van der Waals surface area contributed by atoms with Gasteiger partial charge in [0.05, 0.1) is 6.10 Å². The summed E-state index contributed by atoms with van der Waals surface area (Å²) in [5.74, 6) is 0.602. The normalized spacial score (nSPS) is 30.1. The highest BCUT2D eigenvalue weighted by molar-refractivity contribution is 5.50. The first-order valence-corrected chi connectivity index (χ1v) is 4.76. The second kappa shape index (κ2) is 5.31. The van der Waals surface area contributed by atoms with Crippen LogP contribution in [0.1, 0.15) is 38.5 Å². The highest BCUT2D eigenvalue weighted by Gasteiger charge is 2.23. The van der Waals surface area contributed by atoms with Crippen molar-refractivity contribution in [2.45, 2.75) is 44.6 Å². The van der Waals surface area contributed by atoms with Gasteiger partial charge in [0, 0.05) is 13.5 Å². The van der Waals surface area contributed by atoms with Gasteiger partial charge in [-0.2, -0.15) is 0 Å². The van der Waals surface area contributed by atoms with E-state index in [1.165, 1.54) is 25.7 Å². The lowest BCUT2D eigenvalue weighted by molar-refractivity contribution is 0.0212. The molecule has 1 rings (SSSR count). The molecular formula is C10H17O2. The lowest BCUT2D eigenvalue weighted by atomic mass is 9.83. The maximum absolute atomic E-state index is 10.1. The first-order chi connectivity index (χ1) is 5.88. The summed E-state index contributed by atoms with van der Waals surface area (Å²) in [6.45, 7) is 0. The lowest BCUT2D eigenvalue weighted by Crippen LogP contribution is -2.26. The fourth-order valence-electron chi connectivity index (χ4n) is 2.06. The van der Waals surface area contributed by atoms with Crippen LogP contribution in [0.15, 0.2) is 0 Å². The van der Waals surface area contributed by atoms with E-state index in [0.29, 0.717) is 18.4 Å². The molecule has 0 saturated heterocycles. The third-order valence-electron chi connectivity index (χ3n) is 2.76. The van der Waals surface area contributed by atoms with Gasteiger partial charge in [0.1, 0.15) is 0 Å². The van der Waals surface area contributed by atoms with Crippen LogP contribution < -0.4 is 0 Å². The van der Waals surface area contributed by atoms with E-state index in [0.717, 1.165) is 6.42 Å². The van der Waals surface area contributed by atoms with Crippen LogP contribution in [0.25, 0.3) is 0 Å². The van der Waals surface area contributed by atoms with Crippen LogP contribution in [-0.4, -0.2) is 19.5 Å². The molecule has 0 aliphatic heterocycles. The van der Waals surface area contributed by atoms with E-state index in [9.17, 15) is 4.79 Å². The second-order valence-corrected chi connectivity index (χ2v) is 3.50. The van der Waals surface area contributed by atoms with Gasteiger partial charge in [0.15, 0.2) is 6.29 Å². The van der Waals surface area contributed by atoms with E-state index >= 15 is 0 Å². The maximum atomic E-state index is 10.1. The van der Waals surface area contributed by atoms with Crippen molar-refractivity contribution in [3.63, 3.8) is 0 Å². The minimum Gasteiger partial charge on any atom is -0.381 e. The average Bonchev–Trinajstić information content (AvgIpc) is 2.15. The molecule has 1 saturated carbocycles. The number of ether oxygens (including phenoxy) is 1. The van der Waals surface area contributed by atoms with Crippen molar-refractivity contribution >= 4 is 6.29 Å². The van der Waals surface area contributed by atoms with Gasteiger partial charge in [0.2, 0.25) is 0 Å². The van der Waals surface area contributed by atoms with Crippen LogP contribution in [0.5, 0.6) is 0 Å². The molecule has 1 radical (unpaired) electrons. The van der Waals surface area contributed by atoms with Crippen LogP contribution in [0.2, 0.25) is 0 Å². The molecule has 2 atom stereocenters. The van der Waals surface area contributed by atoms with E-state index in [4.69, 9.17) is 4.74 Å². The minimum atomic E-state index is 0.395. The van der Waals surface area contributed by atoms with Crippen molar-refractivity contribution in [2.24, 2.45) is 5.92 Å².